The molecular formula is C20H16F4N8O. The normalized spacial score (nSPS) is 17.3. The van der Waals surface area contributed by atoms with E-state index in [-0.39, 0.29) is 5.69 Å². The van der Waals surface area contributed by atoms with Crippen LogP contribution >= 0.6 is 0 Å². The molecule has 4 aromatic rings. The Hall–Kier alpha value is -3.90. The van der Waals surface area contributed by atoms with Gasteiger partial charge < -0.3 is 5.32 Å². The zero-order chi connectivity index (χ0) is 23.5. The molecule has 0 aliphatic heterocycles. The summed E-state index contributed by atoms with van der Waals surface area (Å²) in [5, 5.41) is 13.7. The molecule has 1 aliphatic carbocycles. The summed E-state index contributed by atoms with van der Waals surface area (Å²) in [6.07, 6.45) is 0.637. The lowest BCUT2D eigenvalue weighted by atomic mass is 9.88. The smallest absolute Gasteiger partial charge is 0.324 e. The van der Waals surface area contributed by atoms with Crippen LogP contribution in [0.5, 0.6) is 0 Å². The van der Waals surface area contributed by atoms with E-state index >= 15 is 0 Å². The lowest BCUT2D eigenvalue weighted by Gasteiger charge is -2.19. The molecule has 0 unspecified atom stereocenters. The summed E-state index contributed by atoms with van der Waals surface area (Å²) in [6, 6.07) is 1.97. The van der Waals surface area contributed by atoms with Crippen molar-refractivity contribution in [3.63, 3.8) is 0 Å². The van der Waals surface area contributed by atoms with Gasteiger partial charge in [-0.05, 0) is 12.5 Å². The van der Waals surface area contributed by atoms with Gasteiger partial charge in [-0.25, -0.2) is 14.5 Å². The van der Waals surface area contributed by atoms with Gasteiger partial charge in [0.15, 0.2) is 11.5 Å². The van der Waals surface area contributed by atoms with Crippen LogP contribution in [0.15, 0.2) is 36.9 Å². The molecule has 0 spiro atoms. The van der Waals surface area contributed by atoms with E-state index in [0.717, 1.165) is 17.1 Å². The third-order valence-corrected chi connectivity index (χ3v) is 5.58. The Labute approximate surface area is 183 Å². The SMILES string of the molecule is CC1(C)C[C@@H](C(=O)Nc2cnc(-n3nccn3)c(C(F)(F)F)c2)c2cnc3cc(F)nn3c21. The molecule has 13 heteroatoms. The fourth-order valence-electron chi connectivity index (χ4n) is 4.25. The third kappa shape index (κ3) is 3.49. The summed E-state index contributed by atoms with van der Waals surface area (Å²) in [5.74, 6) is -2.46. The molecule has 1 aliphatic rings. The zero-order valence-corrected chi connectivity index (χ0v) is 17.3. The predicted molar refractivity (Wildman–Crippen MR) is 106 cm³/mol. The average Bonchev–Trinajstić information content (AvgIpc) is 3.44. The Kier molecular flexibility index (Phi) is 4.48. The average molecular weight is 460 g/mol. The zero-order valence-electron chi connectivity index (χ0n) is 17.3. The second-order valence-electron chi connectivity index (χ2n) is 8.34. The molecule has 4 aromatic heterocycles. The fraction of sp³-hybridized carbons (Fsp3) is 0.300. The second kappa shape index (κ2) is 7.05. The monoisotopic (exact) mass is 460 g/mol. The molecule has 0 fully saturated rings. The molecule has 1 atom stereocenters. The first-order valence-electron chi connectivity index (χ1n) is 9.84. The van der Waals surface area contributed by atoms with Crippen molar-refractivity contribution in [1.82, 2.24) is 34.6 Å². The van der Waals surface area contributed by atoms with E-state index in [2.05, 4.69) is 30.6 Å². The number of aromatic nitrogens is 7. The third-order valence-electron chi connectivity index (χ3n) is 5.58. The summed E-state index contributed by atoms with van der Waals surface area (Å²) in [5.41, 5.74) is -0.308. The van der Waals surface area contributed by atoms with Gasteiger partial charge >= 0.3 is 6.18 Å². The first-order chi connectivity index (χ1) is 15.5. The highest BCUT2D eigenvalue weighted by molar-refractivity contribution is 5.96. The number of anilines is 1. The standard InChI is InChI=1S/C20H16F4N8O/c1-19(2)7-11(12-9-25-15-6-14(21)30-31(15)16(12)19)18(33)29-10-5-13(20(22,23)24)17(26-8-10)32-27-3-4-28-32/h3-6,8-9,11H,7H2,1-2H3,(H,29,33)/t11-/m1/s1. The van der Waals surface area contributed by atoms with Gasteiger partial charge in [0, 0.05) is 23.2 Å². The van der Waals surface area contributed by atoms with Gasteiger partial charge in [-0.15, -0.1) is 9.90 Å². The van der Waals surface area contributed by atoms with E-state index < -0.39 is 40.7 Å². The highest BCUT2D eigenvalue weighted by atomic mass is 19.4. The van der Waals surface area contributed by atoms with E-state index in [0.29, 0.717) is 23.3 Å². The van der Waals surface area contributed by atoms with Crippen molar-refractivity contribution in [2.75, 3.05) is 5.32 Å². The number of nitrogens with zero attached hydrogens (tertiary/aromatic N) is 7. The van der Waals surface area contributed by atoms with E-state index in [9.17, 15) is 22.4 Å². The number of amides is 1. The van der Waals surface area contributed by atoms with Crippen molar-refractivity contribution < 1.29 is 22.4 Å². The van der Waals surface area contributed by atoms with Crippen molar-refractivity contribution in [3.05, 3.63) is 59.7 Å². The molecule has 0 radical (unpaired) electrons. The number of rotatable bonds is 3. The van der Waals surface area contributed by atoms with Gasteiger partial charge in [-0.2, -0.15) is 27.8 Å². The number of fused-ring (bicyclic) bond motifs is 3. The van der Waals surface area contributed by atoms with Crippen molar-refractivity contribution in [2.24, 2.45) is 0 Å². The molecule has 4 heterocycles. The van der Waals surface area contributed by atoms with Crippen LogP contribution in [0.25, 0.3) is 11.5 Å². The topological polar surface area (TPSA) is 103 Å². The number of hydrogen-bond acceptors (Lipinski definition) is 6. The van der Waals surface area contributed by atoms with Crippen LogP contribution in [0.1, 0.15) is 43.0 Å². The molecule has 9 nitrogen and oxygen atoms in total. The summed E-state index contributed by atoms with van der Waals surface area (Å²) in [4.78, 5) is 21.8. The van der Waals surface area contributed by atoms with Crippen molar-refractivity contribution in [2.45, 2.75) is 37.8 Å². The van der Waals surface area contributed by atoms with Crippen molar-refractivity contribution >= 4 is 17.2 Å². The highest BCUT2D eigenvalue weighted by Crippen LogP contribution is 2.46. The fourth-order valence-corrected chi connectivity index (χ4v) is 4.25. The predicted octanol–water partition coefficient (Wildman–Crippen LogP) is 3.27. The lowest BCUT2D eigenvalue weighted by Crippen LogP contribution is -2.22. The van der Waals surface area contributed by atoms with Gasteiger partial charge in [0.1, 0.15) is 5.56 Å². The van der Waals surface area contributed by atoms with Gasteiger partial charge in [-0.3, -0.25) is 4.79 Å². The van der Waals surface area contributed by atoms with Crippen LogP contribution in [-0.4, -0.2) is 40.5 Å². The summed E-state index contributed by atoms with van der Waals surface area (Å²) >= 11 is 0. The first-order valence-corrected chi connectivity index (χ1v) is 9.84. The number of carbonyl (C=O) groups is 1. The maximum atomic E-state index is 13.7. The lowest BCUT2D eigenvalue weighted by molar-refractivity contribution is -0.137. The Morgan fingerprint density at radius 1 is 1.15 bits per heavy atom. The van der Waals surface area contributed by atoms with Gasteiger partial charge in [0.25, 0.3) is 0 Å². The van der Waals surface area contributed by atoms with E-state index in [1.54, 1.807) is 0 Å². The minimum atomic E-state index is -4.75. The van der Waals surface area contributed by atoms with Crippen LogP contribution in [0, 0.1) is 5.95 Å². The largest absolute Gasteiger partial charge is 0.420 e. The highest BCUT2D eigenvalue weighted by Gasteiger charge is 2.43. The molecule has 0 bridgehead atoms. The van der Waals surface area contributed by atoms with Crippen LogP contribution in [-0.2, 0) is 16.4 Å². The Bertz CT molecular complexity index is 1380. The minimum absolute atomic E-state index is 0.131. The number of halogens is 4. The molecular weight excluding hydrogens is 444 g/mol. The van der Waals surface area contributed by atoms with E-state index in [1.807, 2.05) is 13.8 Å². The van der Waals surface area contributed by atoms with Crippen LogP contribution in [0.2, 0.25) is 0 Å². The molecule has 170 valence electrons. The number of hydrogen-bond donors (Lipinski definition) is 1. The maximum Gasteiger partial charge on any atom is 0.420 e. The quantitative estimate of drug-likeness (QED) is 0.471. The van der Waals surface area contributed by atoms with Crippen LogP contribution in [0.3, 0.4) is 0 Å². The number of pyridine rings is 1. The van der Waals surface area contributed by atoms with Gasteiger partial charge in [0.05, 0.1) is 35.9 Å². The van der Waals surface area contributed by atoms with Crippen molar-refractivity contribution in [1.29, 1.82) is 0 Å². The molecule has 1 N–H and O–H groups in total. The van der Waals surface area contributed by atoms with Gasteiger partial charge in [-0.1, -0.05) is 13.8 Å². The summed E-state index contributed by atoms with van der Waals surface area (Å²) in [7, 11) is 0. The minimum Gasteiger partial charge on any atom is -0.324 e. The molecule has 5 rings (SSSR count). The molecule has 1 amide bonds. The second-order valence-corrected chi connectivity index (χ2v) is 8.34. The Balaban J connectivity index is 1.49. The van der Waals surface area contributed by atoms with Crippen LogP contribution in [0.4, 0.5) is 23.2 Å². The van der Waals surface area contributed by atoms with E-state index in [4.69, 9.17) is 0 Å². The molecule has 0 saturated heterocycles. The summed E-state index contributed by atoms with van der Waals surface area (Å²) in [6.45, 7) is 3.76. The Morgan fingerprint density at radius 3 is 2.58 bits per heavy atom. The van der Waals surface area contributed by atoms with E-state index in [1.165, 1.54) is 29.2 Å². The molecule has 0 saturated carbocycles. The molecule has 0 aromatic carbocycles. The number of alkyl halides is 3. The van der Waals surface area contributed by atoms with Gasteiger partial charge in [0.2, 0.25) is 11.9 Å². The molecule has 33 heavy (non-hydrogen) atoms. The van der Waals surface area contributed by atoms with Crippen molar-refractivity contribution in [3.8, 4) is 5.82 Å². The summed E-state index contributed by atoms with van der Waals surface area (Å²) < 4.78 is 56.0. The number of nitrogens with one attached hydrogen (secondary N) is 1. The number of carbonyl (C=O) groups excluding carboxylic acids is 1. The maximum absolute atomic E-state index is 13.7. The Morgan fingerprint density at radius 2 is 1.88 bits per heavy atom. The van der Waals surface area contributed by atoms with Crippen LogP contribution < -0.4 is 5.32 Å². The first kappa shape index (κ1) is 21.0.